The molecular weight excluding hydrogens is 318 g/mol. The molecule has 1 heterocycles. The van der Waals surface area contributed by atoms with Crippen molar-refractivity contribution >= 4 is 15.9 Å². The van der Waals surface area contributed by atoms with E-state index in [0.29, 0.717) is 6.61 Å². The van der Waals surface area contributed by atoms with Gasteiger partial charge in [0.1, 0.15) is 12.4 Å². The molecule has 0 amide bonds. The molecule has 1 N–H and O–H groups in total. The van der Waals surface area contributed by atoms with Crippen LogP contribution in [-0.2, 0) is 13.0 Å². The van der Waals surface area contributed by atoms with Crippen LogP contribution < -0.4 is 4.74 Å². The van der Waals surface area contributed by atoms with E-state index in [2.05, 4.69) is 27.0 Å². The molecule has 3 rings (SSSR count). The number of aliphatic hydroxyl groups is 1. The van der Waals surface area contributed by atoms with Crippen molar-refractivity contribution < 1.29 is 9.84 Å². The molecule has 0 saturated heterocycles. The Hall–Kier alpha value is -1.39. The second-order valence-electron chi connectivity index (χ2n) is 5.07. The van der Waals surface area contributed by atoms with Gasteiger partial charge in [-0.25, -0.2) is 0 Å². The molecule has 0 fully saturated rings. The lowest BCUT2D eigenvalue weighted by molar-refractivity contribution is 0.156. The largest absolute Gasteiger partial charge is 0.489 e. The Kier molecular flexibility index (Phi) is 4.03. The molecule has 0 spiro atoms. The van der Waals surface area contributed by atoms with Gasteiger partial charge < -0.3 is 9.84 Å². The quantitative estimate of drug-likeness (QED) is 0.929. The summed E-state index contributed by atoms with van der Waals surface area (Å²) in [6.45, 7) is 0.474. The van der Waals surface area contributed by atoms with Crippen molar-refractivity contribution in [3.63, 3.8) is 0 Å². The predicted molar refractivity (Wildman–Crippen MR) is 80.6 cm³/mol. The van der Waals surface area contributed by atoms with E-state index in [4.69, 9.17) is 4.74 Å². The van der Waals surface area contributed by atoms with Crippen LogP contribution >= 0.6 is 15.9 Å². The van der Waals surface area contributed by atoms with Crippen molar-refractivity contribution in [3.8, 4) is 5.75 Å². The van der Waals surface area contributed by atoms with E-state index < -0.39 is 0 Å². The van der Waals surface area contributed by atoms with E-state index in [1.807, 2.05) is 18.2 Å². The van der Waals surface area contributed by atoms with Crippen LogP contribution in [0, 0.1) is 0 Å². The van der Waals surface area contributed by atoms with E-state index >= 15 is 0 Å². The van der Waals surface area contributed by atoms with Gasteiger partial charge in [-0.15, -0.1) is 0 Å². The highest BCUT2D eigenvalue weighted by atomic mass is 79.9. The molecular formula is C16H16BrNO2. The number of aryl methyl sites for hydroxylation is 1. The van der Waals surface area contributed by atoms with Crippen molar-refractivity contribution in [1.29, 1.82) is 0 Å². The molecule has 1 aliphatic rings. The molecule has 104 valence electrons. The Labute approximate surface area is 126 Å². The number of hydrogen-bond acceptors (Lipinski definition) is 3. The molecule has 2 aromatic rings. The maximum absolute atomic E-state index is 10.0. The summed E-state index contributed by atoms with van der Waals surface area (Å²) in [7, 11) is 0. The Morgan fingerprint density at radius 1 is 1.30 bits per heavy atom. The molecule has 0 saturated carbocycles. The zero-order chi connectivity index (χ0) is 13.9. The summed E-state index contributed by atoms with van der Waals surface area (Å²) in [6.07, 6.45) is 6.12. The third-order valence-electron chi connectivity index (χ3n) is 3.57. The minimum absolute atomic E-state index is 0.352. The maximum Gasteiger partial charge on any atom is 0.120 e. The molecule has 0 bridgehead atoms. The van der Waals surface area contributed by atoms with Gasteiger partial charge in [0.15, 0.2) is 0 Å². The number of rotatable bonds is 3. The Balaban J connectivity index is 1.73. The predicted octanol–water partition coefficient (Wildman–Crippen LogP) is 3.79. The Morgan fingerprint density at radius 2 is 2.20 bits per heavy atom. The zero-order valence-electron chi connectivity index (χ0n) is 11.1. The fourth-order valence-corrected chi connectivity index (χ4v) is 2.96. The minimum Gasteiger partial charge on any atom is -0.489 e. The topological polar surface area (TPSA) is 42.4 Å². The van der Waals surface area contributed by atoms with Crippen molar-refractivity contribution in [2.45, 2.75) is 32.0 Å². The van der Waals surface area contributed by atoms with Gasteiger partial charge in [0.05, 0.1) is 6.10 Å². The minimum atomic E-state index is -0.352. The normalized spacial score (nSPS) is 17.6. The zero-order valence-corrected chi connectivity index (χ0v) is 12.6. The monoisotopic (exact) mass is 333 g/mol. The van der Waals surface area contributed by atoms with Crippen molar-refractivity contribution in [1.82, 2.24) is 4.98 Å². The highest BCUT2D eigenvalue weighted by molar-refractivity contribution is 9.10. The summed E-state index contributed by atoms with van der Waals surface area (Å²) in [5, 5.41) is 10.0. The van der Waals surface area contributed by atoms with Gasteiger partial charge in [-0.05, 0) is 64.5 Å². The number of aromatic nitrogens is 1. The molecule has 20 heavy (non-hydrogen) atoms. The van der Waals surface area contributed by atoms with Crippen LogP contribution in [0.2, 0.25) is 0 Å². The lowest BCUT2D eigenvalue weighted by Gasteiger charge is -2.22. The number of halogens is 1. The summed E-state index contributed by atoms with van der Waals surface area (Å²) in [6, 6.07) is 7.99. The number of hydrogen-bond donors (Lipinski definition) is 1. The first-order valence-electron chi connectivity index (χ1n) is 6.75. The molecule has 3 nitrogen and oxygen atoms in total. The van der Waals surface area contributed by atoms with Crippen molar-refractivity contribution in [2.75, 3.05) is 0 Å². The highest BCUT2D eigenvalue weighted by Gasteiger charge is 2.18. The molecule has 0 radical (unpaired) electrons. The van der Waals surface area contributed by atoms with Crippen LogP contribution in [0.1, 0.15) is 35.6 Å². The number of fused-ring (bicyclic) bond motifs is 1. The van der Waals surface area contributed by atoms with Crippen LogP contribution in [0.4, 0.5) is 0 Å². The van der Waals surface area contributed by atoms with Crippen LogP contribution in [0.3, 0.4) is 0 Å². The summed E-state index contributed by atoms with van der Waals surface area (Å²) in [5.41, 5.74) is 3.26. The number of pyridine rings is 1. The van der Waals surface area contributed by atoms with Gasteiger partial charge in [-0.2, -0.15) is 0 Å². The van der Waals surface area contributed by atoms with Crippen LogP contribution in [-0.4, -0.2) is 10.1 Å². The molecule has 1 atom stereocenters. The van der Waals surface area contributed by atoms with Crippen LogP contribution in [0.15, 0.2) is 41.1 Å². The van der Waals surface area contributed by atoms with E-state index in [1.54, 1.807) is 12.4 Å². The van der Waals surface area contributed by atoms with Gasteiger partial charge in [0.2, 0.25) is 0 Å². The lowest BCUT2D eigenvalue weighted by atomic mass is 9.89. The highest BCUT2D eigenvalue weighted by Crippen LogP contribution is 2.32. The van der Waals surface area contributed by atoms with Crippen LogP contribution in [0.25, 0.3) is 0 Å². The second-order valence-corrected chi connectivity index (χ2v) is 5.98. The smallest absolute Gasteiger partial charge is 0.120 e. The fraction of sp³-hybridized carbons (Fsp3) is 0.312. The average molecular weight is 334 g/mol. The molecule has 4 heteroatoms. The first-order valence-corrected chi connectivity index (χ1v) is 7.55. The fourth-order valence-electron chi connectivity index (χ4n) is 2.54. The number of nitrogens with zero attached hydrogens (tertiary/aromatic N) is 1. The first-order chi connectivity index (χ1) is 9.72. The van der Waals surface area contributed by atoms with Gasteiger partial charge in [-0.3, -0.25) is 4.98 Å². The standard InChI is InChI=1S/C16H16BrNO2/c17-13-6-11(8-18-9-13)10-20-14-5-4-12-2-1-3-16(19)15(12)7-14/h4-9,16,19H,1-3,10H2/t16-/m0/s1. The Morgan fingerprint density at radius 3 is 3.05 bits per heavy atom. The van der Waals surface area contributed by atoms with Gasteiger partial charge >= 0.3 is 0 Å². The molecule has 0 aliphatic heterocycles. The number of ether oxygens (including phenoxy) is 1. The second kappa shape index (κ2) is 5.94. The summed E-state index contributed by atoms with van der Waals surface area (Å²) >= 11 is 3.39. The third kappa shape index (κ3) is 3.02. The van der Waals surface area contributed by atoms with Gasteiger partial charge in [-0.1, -0.05) is 6.07 Å². The van der Waals surface area contributed by atoms with Gasteiger partial charge in [0, 0.05) is 22.4 Å². The van der Waals surface area contributed by atoms with E-state index in [-0.39, 0.29) is 6.10 Å². The van der Waals surface area contributed by atoms with Crippen molar-refractivity contribution in [2.24, 2.45) is 0 Å². The van der Waals surface area contributed by atoms with Crippen LogP contribution in [0.5, 0.6) is 5.75 Å². The van der Waals surface area contributed by atoms with E-state index in [0.717, 1.165) is 40.6 Å². The summed E-state index contributed by atoms with van der Waals surface area (Å²) < 4.78 is 6.73. The first kappa shape index (κ1) is 13.6. The summed E-state index contributed by atoms with van der Waals surface area (Å²) in [4.78, 5) is 4.11. The SMILES string of the molecule is O[C@H]1CCCc2ccc(OCc3cncc(Br)c3)cc21. The third-order valence-corrected chi connectivity index (χ3v) is 4.00. The maximum atomic E-state index is 10.0. The molecule has 1 aliphatic carbocycles. The molecule has 1 aromatic heterocycles. The lowest BCUT2D eigenvalue weighted by Crippen LogP contribution is -2.09. The molecule has 1 aromatic carbocycles. The Bertz CT molecular complexity index is 615. The number of aliphatic hydroxyl groups excluding tert-OH is 1. The summed E-state index contributed by atoms with van der Waals surface area (Å²) in [5.74, 6) is 0.796. The molecule has 0 unspecified atom stereocenters. The van der Waals surface area contributed by atoms with E-state index in [9.17, 15) is 5.11 Å². The van der Waals surface area contributed by atoms with E-state index in [1.165, 1.54) is 5.56 Å². The van der Waals surface area contributed by atoms with Crippen molar-refractivity contribution in [3.05, 3.63) is 57.8 Å². The van der Waals surface area contributed by atoms with Gasteiger partial charge in [0.25, 0.3) is 0 Å². The average Bonchev–Trinajstić information content (AvgIpc) is 2.46. The number of benzene rings is 1.